The van der Waals surface area contributed by atoms with Crippen LogP contribution in [-0.4, -0.2) is 12.6 Å². The van der Waals surface area contributed by atoms with Gasteiger partial charge in [-0.25, -0.2) is 0 Å². The summed E-state index contributed by atoms with van der Waals surface area (Å²) in [5, 5.41) is 0. The fourth-order valence-electron chi connectivity index (χ4n) is 1.35. The van der Waals surface area contributed by atoms with E-state index in [-0.39, 0.29) is 5.97 Å². The SMILES string of the molecule is CC=CC=CCOC(=O)CCc1ccccc1. The summed E-state index contributed by atoms with van der Waals surface area (Å²) in [7, 11) is 0. The summed E-state index contributed by atoms with van der Waals surface area (Å²) in [4.78, 5) is 11.4. The highest BCUT2D eigenvalue weighted by atomic mass is 16.5. The molecule has 2 heteroatoms. The van der Waals surface area contributed by atoms with Crippen LogP contribution in [0.1, 0.15) is 18.9 Å². The predicted octanol–water partition coefficient (Wildman–Crippen LogP) is 3.29. The zero-order valence-corrected chi connectivity index (χ0v) is 10.1. The second kappa shape index (κ2) is 8.34. The molecule has 0 fully saturated rings. The number of hydrogen-bond acceptors (Lipinski definition) is 2. The monoisotopic (exact) mass is 230 g/mol. The van der Waals surface area contributed by atoms with Crippen LogP contribution in [0, 0.1) is 0 Å². The summed E-state index contributed by atoms with van der Waals surface area (Å²) >= 11 is 0. The first kappa shape index (κ1) is 13.2. The molecule has 0 atom stereocenters. The maximum Gasteiger partial charge on any atom is 0.306 e. The first-order chi connectivity index (χ1) is 8.33. The number of aryl methyl sites for hydroxylation is 1. The first-order valence-electron chi connectivity index (χ1n) is 5.80. The van der Waals surface area contributed by atoms with E-state index in [1.807, 2.05) is 61.6 Å². The molecule has 1 rings (SSSR count). The maximum absolute atomic E-state index is 11.4. The molecule has 0 spiro atoms. The standard InChI is InChI=1S/C15H18O2/c1-2-3-4-8-13-17-15(16)12-11-14-9-6-5-7-10-14/h2-10H,11-13H2,1H3. The van der Waals surface area contributed by atoms with E-state index in [0.717, 1.165) is 12.0 Å². The quantitative estimate of drug-likeness (QED) is 0.553. The largest absolute Gasteiger partial charge is 0.461 e. The van der Waals surface area contributed by atoms with E-state index < -0.39 is 0 Å². The topological polar surface area (TPSA) is 26.3 Å². The van der Waals surface area contributed by atoms with E-state index in [9.17, 15) is 4.79 Å². The molecule has 90 valence electrons. The van der Waals surface area contributed by atoms with Gasteiger partial charge in [-0.2, -0.15) is 0 Å². The van der Waals surface area contributed by atoms with Crippen LogP contribution >= 0.6 is 0 Å². The van der Waals surface area contributed by atoms with Crippen molar-refractivity contribution in [1.29, 1.82) is 0 Å². The van der Waals surface area contributed by atoms with Crippen LogP contribution in [0.2, 0.25) is 0 Å². The summed E-state index contributed by atoms with van der Waals surface area (Å²) in [6, 6.07) is 9.94. The van der Waals surface area contributed by atoms with Crippen LogP contribution in [0.15, 0.2) is 54.6 Å². The predicted molar refractivity (Wildman–Crippen MR) is 69.7 cm³/mol. The van der Waals surface area contributed by atoms with Gasteiger partial charge in [-0.3, -0.25) is 4.79 Å². The smallest absolute Gasteiger partial charge is 0.306 e. The number of carbonyl (C=O) groups is 1. The Morgan fingerprint density at radius 3 is 2.71 bits per heavy atom. The fraction of sp³-hybridized carbons (Fsp3) is 0.267. The Hall–Kier alpha value is -1.83. The average molecular weight is 230 g/mol. The third-order valence-electron chi connectivity index (χ3n) is 2.24. The molecule has 1 aromatic carbocycles. The molecule has 0 heterocycles. The maximum atomic E-state index is 11.4. The van der Waals surface area contributed by atoms with Crippen LogP contribution in [0.3, 0.4) is 0 Å². The van der Waals surface area contributed by atoms with Crippen molar-refractivity contribution in [2.24, 2.45) is 0 Å². The zero-order chi connectivity index (χ0) is 12.3. The Kier molecular flexibility index (Phi) is 6.49. The zero-order valence-electron chi connectivity index (χ0n) is 10.1. The van der Waals surface area contributed by atoms with Gasteiger partial charge in [0.15, 0.2) is 0 Å². The molecule has 2 nitrogen and oxygen atoms in total. The first-order valence-corrected chi connectivity index (χ1v) is 5.80. The van der Waals surface area contributed by atoms with E-state index in [2.05, 4.69) is 0 Å². The highest BCUT2D eigenvalue weighted by Crippen LogP contribution is 2.03. The molecule has 0 bridgehead atoms. The Balaban J connectivity index is 2.18. The number of ether oxygens (including phenoxy) is 1. The second-order valence-corrected chi connectivity index (χ2v) is 3.62. The van der Waals surface area contributed by atoms with E-state index in [1.165, 1.54) is 0 Å². The van der Waals surface area contributed by atoms with E-state index >= 15 is 0 Å². The number of benzene rings is 1. The van der Waals surface area contributed by atoms with E-state index in [0.29, 0.717) is 13.0 Å². The van der Waals surface area contributed by atoms with Crippen LogP contribution in [0.5, 0.6) is 0 Å². The highest BCUT2D eigenvalue weighted by Gasteiger charge is 2.01. The highest BCUT2D eigenvalue weighted by molar-refractivity contribution is 5.69. The molecule has 0 saturated carbocycles. The minimum Gasteiger partial charge on any atom is -0.461 e. The Morgan fingerprint density at radius 2 is 2.00 bits per heavy atom. The molecule has 0 amide bonds. The molecule has 0 N–H and O–H groups in total. The van der Waals surface area contributed by atoms with Crippen LogP contribution in [0.25, 0.3) is 0 Å². The van der Waals surface area contributed by atoms with Gasteiger partial charge in [-0.05, 0) is 25.0 Å². The van der Waals surface area contributed by atoms with Gasteiger partial charge < -0.3 is 4.74 Å². The molecule has 0 unspecified atom stereocenters. The van der Waals surface area contributed by atoms with Crippen molar-refractivity contribution in [3.63, 3.8) is 0 Å². The second-order valence-electron chi connectivity index (χ2n) is 3.62. The molecule has 0 radical (unpaired) electrons. The van der Waals surface area contributed by atoms with Crippen molar-refractivity contribution in [2.75, 3.05) is 6.61 Å². The lowest BCUT2D eigenvalue weighted by Crippen LogP contribution is -2.05. The number of carbonyl (C=O) groups excluding carboxylic acids is 1. The average Bonchev–Trinajstić information content (AvgIpc) is 2.37. The van der Waals surface area contributed by atoms with Crippen molar-refractivity contribution in [1.82, 2.24) is 0 Å². The van der Waals surface area contributed by atoms with Gasteiger partial charge >= 0.3 is 5.97 Å². The molecular weight excluding hydrogens is 212 g/mol. The summed E-state index contributed by atoms with van der Waals surface area (Å²) in [6.45, 7) is 2.29. The van der Waals surface area contributed by atoms with Gasteiger partial charge in [-0.1, -0.05) is 48.6 Å². The number of hydrogen-bond donors (Lipinski definition) is 0. The Labute approximate surface area is 103 Å². The van der Waals surface area contributed by atoms with Gasteiger partial charge in [0.05, 0.1) is 0 Å². The van der Waals surface area contributed by atoms with Gasteiger partial charge in [0.25, 0.3) is 0 Å². The molecule has 0 aliphatic carbocycles. The number of esters is 1. The number of rotatable bonds is 6. The lowest BCUT2D eigenvalue weighted by atomic mass is 10.1. The van der Waals surface area contributed by atoms with Crippen molar-refractivity contribution in [3.05, 3.63) is 60.2 Å². The van der Waals surface area contributed by atoms with E-state index in [4.69, 9.17) is 4.74 Å². The van der Waals surface area contributed by atoms with Crippen molar-refractivity contribution >= 4 is 5.97 Å². The third-order valence-corrected chi connectivity index (χ3v) is 2.24. The fourth-order valence-corrected chi connectivity index (χ4v) is 1.35. The van der Waals surface area contributed by atoms with Crippen molar-refractivity contribution in [2.45, 2.75) is 19.8 Å². The van der Waals surface area contributed by atoms with Gasteiger partial charge in [0.1, 0.15) is 6.61 Å². The van der Waals surface area contributed by atoms with Crippen LogP contribution in [-0.2, 0) is 16.0 Å². The van der Waals surface area contributed by atoms with Gasteiger partial charge in [-0.15, -0.1) is 0 Å². The summed E-state index contributed by atoms with van der Waals surface area (Å²) in [5.41, 5.74) is 1.16. The molecular formula is C15H18O2. The summed E-state index contributed by atoms with van der Waals surface area (Å²) in [6.07, 6.45) is 8.68. The molecule has 0 aliphatic rings. The minimum absolute atomic E-state index is 0.154. The lowest BCUT2D eigenvalue weighted by Gasteiger charge is -2.01. The molecule has 0 aliphatic heterocycles. The van der Waals surface area contributed by atoms with E-state index in [1.54, 1.807) is 0 Å². The van der Waals surface area contributed by atoms with Crippen LogP contribution in [0.4, 0.5) is 0 Å². The summed E-state index contributed by atoms with van der Waals surface area (Å²) in [5.74, 6) is -0.154. The van der Waals surface area contributed by atoms with Crippen molar-refractivity contribution < 1.29 is 9.53 Å². The third kappa shape index (κ3) is 6.36. The lowest BCUT2D eigenvalue weighted by molar-refractivity contribution is -0.142. The minimum atomic E-state index is -0.154. The Morgan fingerprint density at radius 1 is 1.24 bits per heavy atom. The molecule has 0 saturated heterocycles. The summed E-state index contributed by atoms with van der Waals surface area (Å²) < 4.78 is 5.05. The molecule has 1 aromatic rings. The van der Waals surface area contributed by atoms with Crippen LogP contribution < -0.4 is 0 Å². The normalized spacial score (nSPS) is 11.1. The molecule has 17 heavy (non-hydrogen) atoms. The van der Waals surface area contributed by atoms with Gasteiger partial charge in [0.2, 0.25) is 0 Å². The van der Waals surface area contributed by atoms with Crippen molar-refractivity contribution in [3.8, 4) is 0 Å². The van der Waals surface area contributed by atoms with Gasteiger partial charge in [0, 0.05) is 6.42 Å². The number of allylic oxidation sites excluding steroid dienone is 3. The Bertz CT molecular complexity index is 377. The molecule has 0 aromatic heterocycles.